The van der Waals surface area contributed by atoms with Gasteiger partial charge in [0.05, 0.1) is 18.4 Å². The molecule has 0 aliphatic heterocycles. The summed E-state index contributed by atoms with van der Waals surface area (Å²) in [7, 11) is 3.26. The summed E-state index contributed by atoms with van der Waals surface area (Å²) in [4.78, 5) is 18.4. The summed E-state index contributed by atoms with van der Waals surface area (Å²) in [6, 6.07) is 15.4. The fourth-order valence-corrected chi connectivity index (χ4v) is 3.49. The molecule has 4 aromatic rings. The van der Waals surface area contributed by atoms with Gasteiger partial charge in [0.25, 0.3) is 0 Å². The van der Waals surface area contributed by atoms with Gasteiger partial charge in [0, 0.05) is 30.1 Å². The Bertz CT molecular complexity index is 1230. The summed E-state index contributed by atoms with van der Waals surface area (Å²) in [6.07, 6.45) is 0. The zero-order valence-electron chi connectivity index (χ0n) is 17.2. The van der Waals surface area contributed by atoms with Crippen LogP contribution in [0, 0.1) is 19.7 Å². The van der Waals surface area contributed by atoms with Crippen LogP contribution in [0.4, 0.5) is 15.9 Å². The average molecular weight is 404 g/mol. The second-order valence-electron chi connectivity index (χ2n) is 7.06. The molecule has 0 aliphatic rings. The maximum atomic E-state index is 13.3. The average Bonchev–Trinajstić information content (AvgIpc) is 3.08. The van der Waals surface area contributed by atoms with E-state index in [-0.39, 0.29) is 11.8 Å². The molecular weight excluding hydrogens is 383 g/mol. The van der Waals surface area contributed by atoms with Crippen molar-refractivity contribution in [1.82, 2.24) is 14.6 Å². The van der Waals surface area contributed by atoms with Gasteiger partial charge in [0.2, 0.25) is 0 Å². The van der Waals surface area contributed by atoms with Crippen molar-refractivity contribution < 1.29 is 13.9 Å². The van der Waals surface area contributed by atoms with Gasteiger partial charge in [0.15, 0.2) is 5.65 Å². The van der Waals surface area contributed by atoms with Gasteiger partial charge in [-0.05, 0) is 55.8 Å². The number of hydrogen-bond donors (Lipinski definition) is 0. The summed E-state index contributed by atoms with van der Waals surface area (Å²) < 4.78 is 19.9. The van der Waals surface area contributed by atoms with Gasteiger partial charge in [-0.1, -0.05) is 12.1 Å². The number of carbonyl (C=O) groups is 1. The molecule has 2 heterocycles. The summed E-state index contributed by atoms with van der Waals surface area (Å²) in [5.74, 6) is 0.149. The Morgan fingerprint density at radius 2 is 1.73 bits per heavy atom. The molecule has 0 atom stereocenters. The molecule has 7 heteroatoms. The van der Waals surface area contributed by atoms with Gasteiger partial charge in [-0.3, -0.25) is 0 Å². The van der Waals surface area contributed by atoms with Crippen molar-refractivity contribution in [3.63, 3.8) is 0 Å². The van der Waals surface area contributed by atoms with Crippen LogP contribution in [0.3, 0.4) is 0 Å². The topological polar surface area (TPSA) is 59.7 Å². The van der Waals surface area contributed by atoms with Gasteiger partial charge < -0.3 is 9.64 Å². The van der Waals surface area contributed by atoms with Crippen molar-refractivity contribution in [3.8, 4) is 11.1 Å². The van der Waals surface area contributed by atoms with E-state index in [1.165, 1.54) is 19.2 Å². The summed E-state index contributed by atoms with van der Waals surface area (Å²) >= 11 is 0. The van der Waals surface area contributed by atoms with E-state index in [9.17, 15) is 9.18 Å². The molecule has 0 aliphatic carbocycles. The molecule has 0 spiro atoms. The first-order chi connectivity index (χ1) is 14.4. The van der Waals surface area contributed by atoms with E-state index in [4.69, 9.17) is 14.8 Å². The van der Waals surface area contributed by atoms with E-state index < -0.39 is 0 Å². The first kappa shape index (κ1) is 19.6. The second kappa shape index (κ2) is 7.59. The van der Waals surface area contributed by atoms with E-state index in [2.05, 4.69) is 0 Å². The zero-order valence-corrected chi connectivity index (χ0v) is 17.2. The molecule has 2 aromatic heterocycles. The fourth-order valence-electron chi connectivity index (χ4n) is 3.49. The SMILES string of the molecule is COC(=O)c1ccc(-c2c(C)nn3c(N(C)c4ccc(F)cc4)cc(C)nc23)cc1. The number of anilines is 2. The number of benzene rings is 2. The fraction of sp³-hybridized carbons (Fsp3) is 0.174. The van der Waals surface area contributed by atoms with Crippen LogP contribution in [0.2, 0.25) is 0 Å². The Hall–Kier alpha value is -3.74. The summed E-state index contributed by atoms with van der Waals surface area (Å²) in [6.45, 7) is 3.85. The van der Waals surface area contributed by atoms with Gasteiger partial charge in [-0.15, -0.1) is 0 Å². The molecule has 0 N–H and O–H groups in total. The predicted octanol–water partition coefficient (Wildman–Crippen LogP) is 4.71. The van der Waals surface area contributed by atoms with E-state index in [1.807, 2.05) is 44.0 Å². The van der Waals surface area contributed by atoms with Crippen LogP contribution in [-0.2, 0) is 4.74 Å². The van der Waals surface area contributed by atoms with Crippen molar-refractivity contribution in [1.29, 1.82) is 0 Å². The molecule has 6 nitrogen and oxygen atoms in total. The number of halogens is 1. The normalized spacial score (nSPS) is 11.0. The number of hydrogen-bond acceptors (Lipinski definition) is 5. The molecule has 0 fully saturated rings. The zero-order chi connectivity index (χ0) is 21.4. The number of esters is 1. The molecule has 4 rings (SSSR count). The van der Waals surface area contributed by atoms with Crippen LogP contribution in [0.25, 0.3) is 16.8 Å². The largest absolute Gasteiger partial charge is 0.465 e. The van der Waals surface area contributed by atoms with E-state index in [1.54, 1.807) is 28.8 Å². The predicted molar refractivity (Wildman–Crippen MR) is 114 cm³/mol. The minimum Gasteiger partial charge on any atom is -0.465 e. The number of methoxy groups -OCH3 is 1. The Balaban J connectivity index is 1.85. The Morgan fingerprint density at radius 3 is 2.37 bits per heavy atom. The minimum atomic E-state index is -0.379. The van der Waals surface area contributed by atoms with Gasteiger partial charge in [-0.2, -0.15) is 9.61 Å². The number of fused-ring (bicyclic) bond motifs is 1. The molecule has 30 heavy (non-hydrogen) atoms. The summed E-state index contributed by atoms with van der Waals surface area (Å²) in [5, 5.41) is 4.72. The standard InChI is InChI=1S/C23H21FN4O2/c1-14-13-20(27(3)19-11-9-18(24)10-12-19)28-22(25-14)21(15(2)26-28)16-5-7-17(8-6-16)23(29)30-4/h5-13H,1-4H3. The molecule has 0 bridgehead atoms. The van der Waals surface area contributed by atoms with Crippen LogP contribution in [0.5, 0.6) is 0 Å². The van der Waals surface area contributed by atoms with Crippen molar-refractivity contribution in [3.05, 3.63) is 77.4 Å². The highest BCUT2D eigenvalue weighted by molar-refractivity contribution is 5.91. The quantitative estimate of drug-likeness (QED) is 0.461. The molecule has 152 valence electrons. The van der Waals surface area contributed by atoms with Gasteiger partial charge in [-0.25, -0.2) is 14.2 Å². The highest BCUT2D eigenvalue weighted by Crippen LogP contribution is 2.32. The van der Waals surface area contributed by atoms with Crippen molar-refractivity contribution >= 4 is 23.1 Å². The third kappa shape index (κ3) is 3.39. The molecule has 0 saturated heterocycles. The smallest absolute Gasteiger partial charge is 0.337 e. The Labute approximate surface area is 173 Å². The van der Waals surface area contributed by atoms with E-state index in [0.29, 0.717) is 11.2 Å². The first-order valence-electron chi connectivity index (χ1n) is 9.44. The lowest BCUT2D eigenvalue weighted by atomic mass is 10.0. The second-order valence-corrected chi connectivity index (χ2v) is 7.06. The third-order valence-electron chi connectivity index (χ3n) is 5.03. The Kier molecular flexibility index (Phi) is 4.95. The molecule has 0 unspecified atom stereocenters. The number of aromatic nitrogens is 3. The molecular formula is C23H21FN4O2. The van der Waals surface area contributed by atoms with Gasteiger partial charge >= 0.3 is 5.97 Å². The number of rotatable bonds is 4. The van der Waals surface area contributed by atoms with Crippen LogP contribution < -0.4 is 4.90 Å². The third-order valence-corrected chi connectivity index (χ3v) is 5.03. The number of nitrogens with zero attached hydrogens (tertiary/aromatic N) is 4. The number of aryl methyl sites for hydroxylation is 2. The maximum Gasteiger partial charge on any atom is 0.337 e. The van der Waals surface area contributed by atoms with Gasteiger partial charge in [0.1, 0.15) is 11.6 Å². The molecule has 0 saturated carbocycles. The highest BCUT2D eigenvalue weighted by atomic mass is 19.1. The Morgan fingerprint density at radius 1 is 1.07 bits per heavy atom. The molecule has 0 amide bonds. The van der Waals surface area contributed by atoms with Crippen LogP contribution >= 0.6 is 0 Å². The lowest BCUT2D eigenvalue weighted by Gasteiger charge is -2.20. The summed E-state index contributed by atoms with van der Waals surface area (Å²) in [5.41, 5.74) is 5.47. The maximum absolute atomic E-state index is 13.3. The van der Waals surface area contributed by atoms with E-state index in [0.717, 1.165) is 34.0 Å². The van der Waals surface area contributed by atoms with Crippen molar-refractivity contribution in [2.45, 2.75) is 13.8 Å². The number of ether oxygens (including phenoxy) is 1. The van der Waals surface area contributed by atoms with E-state index >= 15 is 0 Å². The van der Waals surface area contributed by atoms with Crippen LogP contribution in [-0.4, -0.2) is 34.7 Å². The van der Waals surface area contributed by atoms with Crippen LogP contribution in [0.1, 0.15) is 21.7 Å². The lowest BCUT2D eigenvalue weighted by Crippen LogP contribution is -2.15. The molecule has 0 radical (unpaired) electrons. The number of carbonyl (C=O) groups excluding carboxylic acids is 1. The lowest BCUT2D eigenvalue weighted by molar-refractivity contribution is 0.0601. The highest BCUT2D eigenvalue weighted by Gasteiger charge is 2.19. The van der Waals surface area contributed by atoms with Crippen molar-refractivity contribution in [2.24, 2.45) is 0 Å². The minimum absolute atomic E-state index is 0.282. The first-order valence-corrected chi connectivity index (χ1v) is 9.44. The monoisotopic (exact) mass is 404 g/mol. The molecule has 2 aromatic carbocycles. The van der Waals surface area contributed by atoms with Crippen molar-refractivity contribution in [2.75, 3.05) is 19.1 Å². The van der Waals surface area contributed by atoms with Crippen LogP contribution in [0.15, 0.2) is 54.6 Å².